The lowest BCUT2D eigenvalue weighted by molar-refractivity contribution is -0.126. The van der Waals surface area contributed by atoms with E-state index in [9.17, 15) is 9.59 Å². The summed E-state index contributed by atoms with van der Waals surface area (Å²) in [5.74, 6) is -0.0344. The van der Waals surface area contributed by atoms with Gasteiger partial charge in [0.25, 0.3) is 5.91 Å². The Morgan fingerprint density at radius 1 is 1.36 bits per heavy atom. The highest BCUT2D eigenvalue weighted by Gasteiger charge is 2.32. The molecule has 1 aromatic carbocycles. The van der Waals surface area contributed by atoms with Gasteiger partial charge in [-0.3, -0.25) is 14.5 Å². The average molecular weight is 359 g/mol. The lowest BCUT2D eigenvalue weighted by Gasteiger charge is -2.20. The summed E-state index contributed by atoms with van der Waals surface area (Å²) in [5, 5.41) is 0. The SMILES string of the molecule is CCN(C=C1C=CN2C(=O)c3cc(Br)ccc3C2=C1)C(C)=O. The van der Waals surface area contributed by atoms with Crippen LogP contribution in [0.1, 0.15) is 29.8 Å². The molecule has 22 heavy (non-hydrogen) atoms. The molecule has 1 aromatic rings. The molecule has 2 amide bonds. The molecule has 0 unspecified atom stereocenters. The molecule has 0 saturated heterocycles. The van der Waals surface area contributed by atoms with E-state index in [1.165, 1.54) is 0 Å². The molecule has 0 aromatic heterocycles. The number of halogens is 1. The summed E-state index contributed by atoms with van der Waals surface area (Å²) in [6, 6.07) is 5.69. The number of benzene rings is 1. The summed E-state index contributed by atoms with van der Waals surface area (Å²) in [4.78, 5) is 27.2. The van der Waals surface area contributed by atoms with Crippen LogP contribution >= 0.6 is 15.9 Å². The van der Waals surface area contributed by atoms with Crippen molar-refractivity contribution in [1.82, 2.24) is 9.80 Å². The van der Waals surface area contributed by atoms with Gasteiger partial charge in [-0.2, -0.15) is 0 Å². The topological polar surface area (TPSA) is 40.6 Å². The minimum atomic E-state index is -0.0308. The van der Waals surface area contributed by atoms with Gasteiger partial charge in [0.1, 0.15) is 0 Å². The Labute approximate surface area is 137 Å². The highest BCUT2D eigenvalue weighted by Crippen LogP contribution is 2.37. The number of hydrogen-bond acceptors (Lipinski definition) is 2. The molecule has 2 aliphatic heterocycles. The normalized spacial score (nSPS) is 17.4. The van der Waals surface area contributed by atoms with Crippen LogP contribution in [0, 0.1) is 0 Å². The molecular weight excluding hydrogens is 344 g/mol. The van der Waals surface area contributed by atoms with Gasteiger partial charge in [-0.25, -0.2) is 0 Å². The van der Waals surface area contributed by atoms with E-state index < -0.39 is 0 Å². The summed E-state index contributed by atoms with van der Waals surface area (Å²) >= 11 is 3.40. The van der Waals surface area contributed by atoms with Gasteiger partial charge in [-0.05, 0) is 36.8 Å². The third-order valence-corrected chi connectivity index (χ3v) is 4.23. The summed E-state index contributed by atoms with van der Waals surface area (Å²) in [6.45, 7) is 4.08. The van der Waals surface area contributed by atoms with Crippen molar-refractivity contribution < 1.29 is 9.59 Å². The maximum absolute atomic E-state index is 12.4. The average Bonchev–Trinajstić information content (AvgIpc) is 2.77. The lowest BCUT2D eigenvalue weighted by Crippen LogP contribution is -2.23. The first-order valence-electron chi connectivity index (χ1n) is 7.03. The molecule has 0 bridgehead atoms. The van der Waals surface area contributed by atoms with Crippen molar-refractivity contribution >= 4 is 33.4 Å². The first kappa shape index (κ1) is 14.8. The number of carbonyl (C=O) groups is 2. The molecular formula is C17H15BrN2O2. The minimum Gasteiger partial charge on any atom is -0.319 e. The summed E-state index contributed by atoms with van der Waals surface area (Å²) in [5.41, 5.74) is 3.34. The largest absolute Gasteiger partial charge is 0.319 e. The Morgan fingerprint density at radius 3 is 2.82 bits per heavy atom. The second kappa shape index (κ2) is 5.57. The fraction of sp³-hybridized carbons (Fsp3) is 0.176. The highest BCUT2D eigenvalue weighted by atomic mass is 79.9. The number of hydrogen-bond donors (Lipinski definition) is 0. The molecule has 0 fully saturated rings. The molecule has 4 nitrogen and oxygen atoms in total. The zero-order valence-electron chi connectivity index (χ0n) is 12.3. The lowest BCUT2D eigenvalue weighted by atomic mass is 10.1. The van der Waals surface area contributed by atoms with Crippen LogP contribution in [0.2, 0.25) is 0 Å². The minimum absolute atomic E-state index is 0.00365. The molecule has 112 valence electrons. The number of rotatable bonds is 2. The molecule has 0 spiro atoms. The first-order chi connectivity index (χ1) is 10.5. The Balaban J connectivity index is 2.04. The van der Waals surface area contributed by atoms with Gasteiger partial charge in [0.15, 0.2) is 0 Å². The fourth-order valence-corrected chi connectivity index (χ4v) is 2.97. The third kappa shape index (κ3) is 2.41. The molecule has 0 radical (unpaired) electrons. The van der Waals surface area contributed by atoms with Gasteiger partial charge in [0, 0.05) is 35.9 Å². The Hall–Kier alpha value is -2.14. The van der Waals surface area contributed by atoms with E-state index >= 15 is 0 Å². The van der Waals surface area contributed by atoms with Gasteiger partial charge in [-0.1, -0.05) is 22.0 Å². The number of amides is 2. The summed E-state index contributed by atoms with van der Waals surface area (Å²) in [7, 11) is 0. The zero-order valence-corrected chi connectivity index (χ0v) is 13.9. The quantitative estimate of drug-likeness (QED) is 0.811. The van der Waals surface area contributed by atoms with Crippen molar-refractivity contribution in [3.8, 4) is 0 Å². The third-order valence-electron chi connectivity index (χ3n) is 3.74. The molecule has 0 N–H and O–H groups in total. The van der Waals surface area contributed by atoms with Gasteiger partial charge >= 0.3 is 0 Å². The van der Waals surface area contributed by atoms with E-state index in [1.807, 2.05) is 43.5 Å². The van der Waals surface area contributed by atoms with Gasteiger partial charge in [0.05, 0.1) is 11.3 Å². The van der Waals surface area contributed by atoms with Crippen LogP contribution < -0.4 is 0 Å². The molecule has 0 aliphatic carbocycles. The Kier molecular flexibility index (Phi) is 3.74. The second-order valence-electron chi connectivity index (χ2n) is 5.14. The Bertz CT molecular complexity index is 762. The number of nitrogens with zero attached hydrogens (tertiary/aromatic N) is 2. The van der Waals surface area contributed by atoms with Crippen LogP contribution in [-0.2, 0) is 4.79 Å². The van der Waals surface area contributed by atoms with Crippen molar-refractivity contribution in [3.63, 3.8) is 0 Å². The summed E-state index contributed by atoms with van der Waals surface area (Å²) < 4.78 is 0.883. The van der Waals surface area contributed by atoms with Crippen molar-refractivity contribution in [1.29, 1.82) is 0 Å². The fourth-order valence-electron chi connectivity index (χ4n) is 2.61. The number of fused-ring (bicyclic) bond motifs is 3. The van der Waals surface area contributed by atoms with E-state index in [1.54, 1.807) is 22.9 Å². The maximum atomic E-state index is 12.4. The molecule has 0 atom stereocenters. The first-order valence-corrected chi connectivity index (χ1v) is 7.83. The number of carbonyl (C=O) groups excluding carboxylic acids is 2. The van der Waals surface area contributed by atoms with E-state index in [2.05, 4.69) is 15.9 Å². The van der Waals surface area contributed by atoms with Crippen LogP contribution in [0.4, 0.5) is 0 Å². The molecule has 2 aliphatic rings. The van der Waals surface area contributed by atoms with Crippen LogP contribution in [0.25, 0.3) is 5.70 Å². The standard InChI is InChI=1S/C17H15BrN2O2/c1-3-19(11(2)21)10-12-6-7-20-16(8-12)14-5-4-13(18)9-15(14)17(20)22/h4-10H,3H2,1-2H3. The highest BCUT2D eigenvalue weighted by molar-refractivity contribution is 9.10. The number of allylic oxidation sites excluding steroid dienone is 3. The molecule has 5 heteroatoms. The predicted molar refractivity (Wildman–Crippen MR) is 88.6 cm³/mol. The van der Waals surface area contributed by atoms with Gasteiger partial charge in [-0.15, -0.1) is 0 Å². The van der Waals surface area contributed by atoms with Crippen LogP contribution in [0.15, 0.2) is 52.8 Å². The van der Waals surface area contributed by atoms with Crippen molar-refractivity contribution in [2.24, 2.45) is 0 Å². The van der Waals surface area contributed by atoms with Gasteiger partial charge in [0.2, 0.25) is 5.91 Å². The molecule has 0 saturated carbocycles. The molecule has 3 rings (SSSR count). The smallest absolute Gasteiger partial charge is 0.263 e. The van der Waals surface area contributed by atoms with Crippen LogP contribution in [0.3, 0.4) is 0 Å². The zero-order chi connectivity index (χ0) is 15.9. The van der Waals surface area contributed by atoms with Crippen molar-refractivity contribution in [2.75, 3.05) is 6.54 Å². The maximum Gasteiger partial charge on any atom is 0.263 e. The van der Waals surface area contributed by atoms with Crippen molar-refractivity contribution in [2.45, 2.75) is 13.8 Å². The second-order valence-corrected chi connectivity index (χ2v) is 6.06. The Morgan fingerprint density at radius 2 is 2.14 bits per heavy atom. The molecule has 2 heterocycles. The van der Waals surface area contributed by atoms with Gasteiger partial charge < -0.3 is 4.90 Å². The van der Waals surface area contributed by atoms with Crippen molar-refractivity contribution in [3.05, 3.63) is 63.9 Å². The van der Waals surface area contributed by atoms with E-state index in [0.29, 0.717) is 12.1 Å². The van der Waals surface area contributed by atoms with E-state index in [0.717, 1.165) is 21.3 Å². The predicted octanol–water partition coefficient (Wildman–Crippen LogP) is 3.53. The van der Waals surface area contributed by atoms with Crippen LogP contribution in [-0.4, -0.2) is 28.2 Å². The van der Waals surface area contributed by atoms with E-state index in [-0.39, 0.29) is 11.8 Å². The van der Waals surface area contributed by atoms with Crippen LogP contribution in [0.5, 0.6) is 0 Å². The summed E-state index contributed by atoms with van der Waals surface area (Å²) in [6.07, 6.45) is 7.34. The van der Waals surface area contributed by atoms with E-state index in [4.69, 9.17) is 0 Å². The monoisotopic (exact) mass is 358 g/mol.